The topological polar surface area (TPSA) is 40.7 Å². The third kappa shape index (κ3) is 3.38. The number of halogens is 2. The summed E-state index contributed by atoms with van der Waals surface area (Å²) in [5.41, 5.74) is 2.11. The smallest absolute Gasteiger partial charge is 0.200 e. The van der Waals surface area contributed by atoms with Crippen molar-refractivity contribution >= 4 is 29.2 Å². The molecule has 3 nitrogen and oxygen atoms in total. The average Bonchev–Trinajstić information content (AvgIpc) is 2.68. The number of benzene rings is 1. The molecule has 0 spiro atoms. The molecule has 0 unspecified atom stereocenters. The molecule has 1 aromatic carbocycles. The first-order chi connectivity index (χ1) is 8.15. The zero-order chi connectivity index (χ0) is 12.3. The van der Waals surface area contributed by atoms with Gasteiger partial charge < -0.3 is 10.3 Å². The van der Waals surface area contributed by atoms with E-state index in [2.05, 4.69) is 15.3 Å². The van der Waals surface area contributed by atoms with E-state index in [0.717, 1.165) is 30.2 Å². The van der Waals surface area contributed by atoms with Crippen LogP contribution in [0.3, 0.4) is 0 Å². The summed E-state index contributed by atoms with van der Waals surface area (Å²) in [5, 5.41) is 4.56. The molecule has 0 saturated heterocycles. The molecule has 0 aliphatic heterocycles. The maximum absolute atomic E-state index is 6.08. The first-order valence-electron chi connectivity index (χ1n) is 5.34. The lowest BCUT2D eigenvalue weighted by Crippen LogP contribution is -2.06. The Kier molecular flexibility index (Phi) is 3.92. The van der Waals surface area contributed by atoms with Gasteiger partial charge in [-0.3, -0.25) is 0 Å². The Morgan fingerprint density at radius 2 is 2.18 bits per heavy atom. The second-order valence-corrected chi connectivity index (χ2v) is 4.67. The van der Waals surface area contributed by atoms with E-state index in [1.807, 2.05) is 19.1 Å². The maximum Gasteiger partial charge on any atom is 0.200 e. The highest BCUT2D eigenvalue weighted by atomic mass is 35.5. The number of aromatic nitrogens is 2. The molecule has 90 valence electrons. The van der Waals surface area contributed by atoms with E-state index in [9.17, 15) is 0 Å². The number of H-pyrrole nitrogens is 1. The maximum atomic E-state index is 6.08. The summed E-state index contributed by atoms with van der Waals surface area (Å²) in [6.45, 7) is 2.74. The van der Waals surface area contributed by atoms with Crippen molar-refractivity contribution in [1.82, 2.24) is 9.97 Å². The first kappa shape index (κ1) is 12.3. The van der Waals surface area contributed by atoms with Crippen LogP contribution < -0.4 is 5.32 Å². The van der Waals surface area contributed by atoms with Crippen LogP contribution >= 0.6 is 23.2 Å². The molecule has 0 atom stereocenters. The van der Waals surface area contributed by atoms with Crippen LogP contribution in [0, 0.1) is 6.92 Å². The summed E-state index contributed by atoms with van der Waals surface area (Å²) in [5.74, 6) is 0.785. The van der Waals surface area contributed by atoms with Gasteiger partial charge in [0.05, 0.1) is 0 Å². The number of rotatable bonds is 4. The minimum Gasteiger partial charge on any atom is -0.355 e. The predicted molar refractivity (Wildman–Crippen MR) is 72.0 cm³/mol. The third-order valence-corrected chi connectivity index (χ3v) is 2.99. The van der Waals surface area contributed by atoms with Gasteiger partial charge in [-0.15, -0.1) is 0 Å². The molecule has 2 rings (SSSR count). The van der Waals surface area contributed by atoms with E-state index in [1.165, 1.54) is 0 Å². The highest BCUT2D eigenvalue weighted by molar-refractivity contribution is 6.35. The number of anilines is 1. The Balaban J connectivity index is 1.90. The van der Waals surface area contributed by atoms with Crippen LogP contribution in [0.15, 0.2) is 24.4 Å². The van der Waals surface area contributed by atoms with E-state index < -0.39 is 0 Å². The van der Waals surface area contributed by atoms with Crippen LogP contribution in [0.4, 0.5) is 5.95 Å². The molecule has 1 aromatic heterocycles. The summed E-state index contributed by atoms with van der Waals surface area (Å²) in [7, 11) is 0. The van der Waals surface area contributed by atoms with Crippen LogP contribution in [0.1, 0.15) is 11.3 Å². The van der Waals surface area contributed by atoms with E-state index >= 15 is 0 Å². The molecular formula is C12H13Cl2N3. The minimum absolute atomic E-state index is 0.661. The Morgan fingerprint density at radius 3 is 2.82 bits per heavy atom. The van der Waals surface area contributed by atoms with Crippen molar-refractivity contribution < 1.29 is 0 Å². The quantitative estimate of drug-likeness (QED) is 0.889. The first-order valence-corrected chi connectivity index (χ1v) is 6.10. The fraction of sp³-hybridized carbons (Fsp3) is 0.250. The van der Waals surface area contributed by atoms with E-state index in [-0.39, 0.29) is 0 Å². The molecule has 5 heteroatoms. The zero-order valence-corrected chi connectivity index (χ0v) is 10.9. The largest absolute Gasteiger partial charge is 0.355 e. The molecule has 17 heavy (non-hydrogen) atoms. The second-order valence-electron chi connectivity index (χ2n) is 3.83. The number of aryl methyl sites for hydroxylation is 1. The molecule has 2 N–H and O–H groups in total. The lowest BCUT2D eigenvalue weighted by molar-refractivity contribution is 0.996. The van der Waals surface area contributed by atoms with Gasteiger partial charge in [0.15, 0.2) is 5.95 Å². The molecule has 0 fully saturated rings. The molecule has 0 amide bonds. The van der Waals surface area contributed by atoms with Gasteiger partial charge in [-0.2, -0.15) is 0 Å². The number of aromatic amines is 1. The van der Waals surface area contributed by atoms with Gasteiger partial charge in [0.25, 0.3) is 0 Å². The van der Waals surface area contributed by atoms with Gasteiger partial charge >= 0.3 is 0 Å². The van der Waals surface area contributed by atoms with Crippen molar-refractivity contribution in [3.05, 3.63) is 45.7 Å². The highest BCUT2D eigenvalue weighted by Gasteiger charge is 2.02. The van der Waals surface area contributed by atoms with Crippen LogP contribution in [-0.2, 0) is 6.42 Å². The molecule has 0 aliphatic carbocycles. The van der Waals surface area contributed by atoms with Gasteiger partial charge in [-0.1, -0.05) is 29.3 Å². The van der Waals surface area contributed by atoms with E-state index in [0.29, 0.717) is 10.0 Å². The fourth-order valence-electron chi connectivity index (χ4n) is 1.54. The van der Waals surface area contributed by atoms with Crippen molar-refractivity contribution in [3.8, 4) is 0 Å². The Hall–Kier alpha value is -1.19. The van der Waals surface area contributed by atoms with Crippen molar-refractivity contribution in [2.45, 2.75) is 13.3 Å². The Morgan fingerprint density at radius 1 is 1.35 bits per heavy atom. The Labute approximate surface area is 110 Å². The summed E-state index contributed by atoms with van der Waals surface area (Å²) < 4.78 is 0. The average molecular weight is 270 g/mol. The van der Waals surface area contributed by atoms with Crippen molar-refractivity contribution in [2.24, 2.45) is 0 Å². The second kappa shape index (κ2) is 5.43. The molecule has 0 aliphatic rings. The van der Waals surface area contributed by atoms with Gasteiger partial charge in [0.1, 0.15) is 0 Å². The van der Waals surface area contributed by atoms with Crippen LogP contribution in [0.5, 0.6) is 0 Å². The zero-order valence-electron chi connectivity index (χ0n) is 9.43. The Bertz CT molecular complexity index is 508. The number of imidazole rings is 1. The molecule has 2 aromatic rings. The summed E-state index contributed by atoms with van der Waals surface area (Å²) in [6, 6.07) is 5.55. The van der Waals surface area contributed by atoms with E-state index in [1.54, 1.807) is 12.3 Å². The summed E-state index contributed by atoms with van der Waals surface area (Å²) >= 11 is 11.9. The lowest BCUT2D eigenvalue weighted by atomic mass is 10.1. The van der Waals surface area contributed by atoms with Crippen molar-refractivity contribution in [2.75, 3.05) is 11.9 Å². The molecule has 0 radical (unpaired) electrons. The molecule has 1 heterocycles. The van der Waals surface area contributed by atoms with Gasteiger partial charge in [-0.05, 0) is 31.0 Å². The van der Waals surface area contributed by atoms with Gasteiger partial charge in [0, 0.05) is 28.5 Å². The SMILES string of the molecule is Cc1cnc(NCCc2ccc(Cl)cc2Cl)[nH]1. The fourth-order valence-corrected chi connectivity index (χ4v) is 2.05. The molecule has 0 saturated carbocycles. The molecular weight excluding hydrogens is 257 g/mol. The van der Waals surface area contributed by atoms with Crippen LogP contribution in [-0.4, -0.2) is 16.5 Å². The summed E-state index contributed by atoms with van der Waals surface area (Å²) in [6.07, 6.45) is 2.62. The summed E-state index contributed by atoms with van der Waals surface area (Å²) in [4.78, 5) is 7.27. The van der Waals surface area contributed by atoms with Crippen molar-refractivity contribution in [1.29, 1.82) is 0 Å². The normalized spacial score (nSPS) is 10.5. The van der Waals surface area contributed by atoms with Crippen LogP contribution in [0.2, 0.25) is 10.0 Å². The van der Waals surface area contributed by atoms with E-state index in [4.69, 9.17) is 23.2 Å². The lowest BCUT2D eigenvalue weighted by Gasteiger charge is -2.05. The number of hydrogen-bond acceptors (Lipinski definition) is 2. The predicted octanol–water partition coefficient (Wildman–Crippen LogP) is 3.68. The number of hydrogen-bond donors (Lipinski definition) is 2. The highest BCUT2D eigenvalue weighted by Crippen LogP contribution is 2.21. The van der Waals surface area contributed by atoms with Crippen LogP contribution in [0.25, 0.3) is 0 Å². The standard InChI is InChI=1S/C12H13Cl2N3/c1-8-7-16-12(17-8)15-5-4-9-2-3-10(13)6-11(9)14/h2-3,6-7H,4-5H2,1H3,(H2,15,16,17). The minimum atomic E-state index is 0.661. The number of nitrogens with zero attached hydrogens (tertiary/aromatic N) is 1. The monoisotopic (exact) mass is 269 g/mol. The molecule has 0 bridgehead atoms. The number of nitrogens with one attached hydrogen (secondary N) is 2. The van der Waals surface area contributed by atoms with Crippen molar-refractivity contribution in [3.63, 3.8) is 0 Å². The van der Waals surface area contributed by atoms with Gasteiger partial charge in [0.2, 0.25) is 0 Å². The van der Waals surface area contributed by atoms with Gasteiger partial charge in [-0.25, -0.2) is 4.98 Å². The third-order valence-electron chi connectivity index (χ3n) is 2.40.